The Balaban J connectivity index is 1.74. The number of rotatable bonds is 3. The van der Waals surface area contributed by atoms with Gasteiger partial charge in [-0.15, -0.1) is 0 Å². The summed E-state index contributed by atoms with van der Waals surface area (Å²) in [7, 11) is 0. The molecule has 0 aliphatic rings. The van der Waals surface area contributed by atoms with Crippen LogP contribution in [0.4, 0.5) is 0 Å². The van der Waals surface area contributed by atoms with Crippen molar-refractivity contribution in [3.63, 3.8) is 0 Å². The molecule has 40 heavy (non-hydrogen) atoms. The van der Waals surface area contributed by atoms with E-state index in [1.807, 2.05) is 0 Å². The average molecular weight is 533 g/mol. The zero-order valence-corrected chi connectivity index (χ0v) is 20.0. The summed E-state index contributed by atoms with van der Waals surface area (Å²) in [5.74, 6) is 0. The summed E-state index contributed by atoms with van der Waals surface area (Å²) in [6.07, 6.45) is 0. The summed E-state index contributed by atoms with van der Waals surface area (Å²) >= 11 is 0. The van der Waals surface area contributed by atoms with Crippen LogP contribution in [0.3, 0.4) is 0 Å². The number of benzene rings is 8. The first-order valence-electron chi connectivity index (χ1n) is 24.8. The van der Waals surface area contributed by atoms with Gasteiger partial charge in [-0.2, -0.15) is 0 Å². The zero-order valence-electron chi connectivity index (χ0n) is 46.0. The lowest BCUT2D eigenvalue weighted by Crippen LogP contribution is -1.92. The Morgan fingerprint density at radius 1 is 0.300 bits per heavy atom. The Kier molecular flexibility index (Phi) is 1.99. The molecule has 0 nitrogen and oxygen atoms in total. The lowest BCUT2D eigenvalue weighted by molar-refractivity contribution is 1.63. The van der Waals surface area contributed by atoms with Crippen LogP contribution in [0, 0.1) is 0 Å². The number of fused-ring (bicyclic) bond motifs is 4. The molecule has 0 aromatic heterocycles. The van der Waals surface area contributed by atoms with Gasteiger partial charge in [0, 0.05) is 0 Å². The first-order valence-corrected chi connectivity index (χ1v) is 11.8. The van der Waals surface area contributed by atoms with E-state index in [4.69, 9.17) is 24.7 Å². The molecule has 8 rings (SSSR count). The largest absolute Gasteiger partial charge is 0.0636 e. The van der Waals surface area contributed by atoms with Gasteiger partial charge in [-0.05, 0) is 88.6 Å². The van der Waals surface area contributed by atoms with Crippen molar-refractivity contribution >= 4 is 43.1 Å². The topological polar surface area (TPSA) is 0 Å². The summed E-state index contributed by atoms with van der Waals surface area (Å²) in [6.45, 7) is 0. The fourth-order valence-corrected chi connectivity index (χ4v) is 4.62. The lowest BCUT2D eigenvalue weighted by atomic mass is 9.84. The molecule has 0 spiro atoms. The van der Waals surface area contributed by atoms with Crippen molar-refractivity contribution in [1.82, 2.24) is 0 Å². The van der Waals surface area contributed by atoms with E-state index in [-0.39, 0.29) is 0 Å². The highest BCUT2D eigenvalue weighted by Gasteiger charge is 2.18. The third-order valence-corrected chi connectivity index (χ3v) is 6.31. The maximum atomic E-state index is 9.70. The van der Waals surface area contributed by atoms with Gasteiger partial charge < -0.3 is 0 Å². The van der Waals surface area contributed by atoms with Crippen LogP contribution >= 0.6 is 0 Å². The molecule has 0 aliphatic heterocycles. The highest BCUT2D eigenvalue weighted by molar-refractivity contribution is 6.23. The monoisotopic (exact) mass is 532 g/mol. The van der Waals surface area contributed by atoms with Gasteiger partial charge in [0.25, 0.3) is 0 Å². The van der Waals surface area contributed by atoms with E-state index in [0.717, 1.165) is 0 Å². The quantitative estimate of drug-likeness (QED) is 0.198. The first-order chi connectivity index (χ1) is 30.7. The maximum Gasteiger partial charge on any atom is 0.0636 e. The Hall–Kier alpha value is -5.20. The van der Waals surface area contributed by atoms with Gasteiger partial charge >= 0.3 is 0 Å². The van der Waals surface area contributed by atoms with Gasteiger partial charge in [0.05, 0.1) is 35.6 Å². The van der Waals surface area contributed by atoms with Crippen LogP contribution in [-0.4, -0.2) is 0 Å². The zero-order chi connectivity index (χ0) is 49.1. The van der Waals surface area contributed by atoms with E-state index in [2.05, 4.69) is 0 Å². The number of hydrogen-bond donors (Lipinski definition) is 0. The van der Waals surface area contributed by atoms with Crippen molar-refractivity contribution < 1.29 is 35.6 Å². The number of hydrogen-bond acceptors (Lipinski definition) is 0. The SMILES string of the molecule is [2H]c1c([2H])c(-c2c([2H])c([2H])c3c([2H])c([2H])c([2H])c([2H])c3c2[2H])c([2H])c(-c2c3c([2H])c([2H])c([2H])c([2H])c3c(-c3c([2H])c([2H])c([2H])c4c([2H])c([2H])c([2H])c([2H])c34)c3c([2H])c([2H])c([2H])c([2H])c23)c1[2H]. The molecule has 8 aromatic rings. The molecule has 0 radical (unpaired) electrons. The molecule has 0 N–H and O–H groups in total. The minimum absolute atomic E-state index is 0.554. The van der Waals surface area contributed by atoms with Gasteiger partial charge in [0.2, 0.25) is 0 Å². The van der Waals surface area contributed by atoms with Crippen LogP contribution in [0.25, 0.3) is 76.5 Å². The molecule has 0 heteroatoms. The van der Waals surface area contributed by atoms with Crippen LogP contribution in [0.15, 0.2) is 157 Å². The predicted molar refractivity (Wildman–Crippen MR) is 173 cm³/mol. The van der Waals surface area contributed by atoms with Crippen molar-refractivity contribution in [2.24, 2.45) is 0 Å². The van der Waals surface area contributed by atoms with E-state index in [0.29, 0.717) is 0 Å². The molecule has 0 aliphatic carbocycles. The normalized spacial score (nSPS) is 20.6. The molecule has 8 aromatic carbocycles. The molecule has 0 saturated heterocycles. The molecule has 0 saturated carbocycles. The molecule has 0 unspecified atom stereocenters. The molecule has 0 bridgehead atoms. The predicted octanol–water partition coefficient (Wildman–Crippen LogP) is 11.3. The fraction of sp³-hybridized carbons (Fsp3) is 0. The van der Waals surface area contributed by atoms with Crippen LogP contribution in [-0.2, 0) is 0 Å². The highest BCUT2D eigenvalue weighted by atomic mass is 14.2. The Bertz CT molecular complexity index is 3560. The van der Waals surface area contributed by atoms with Crippen molar-refractivity contribution in [1.29, 1.82) is 0 Å². The van der Waals surface area contributed by atoms with Gasteiger partial charge in [-0.1, -0.05) is 145 Å². The Morgan fingerprint density at radius 2 is 0.800 bits per heavy atom. The highest BCUT2D eigenvalue weighted by Crippen LogP contribution is 2.45. The minimum atomic E-state index is -1.07. The van der Waals surface area contributed by atoms with E-state index in [1.54, 1.807) is 0 Å². The third kappa shape index (κ3) is 3.61. The van der Waals surface area contributed by atoms with Crippen molar-refractivity contribution in [2.75, 3.05) is 0 Å². The Morgan fingerprint density at radius 3 is 1.52 bits per heavy atom. The van der Waals surface area contributed by atoms with E-state index in [1.165, 1.54) is 0 Å². The van der Waals surface area contributed by atoms with Crippen LogP contribution in [0.2, 0.25) is 0 Å². The van der Waals surface area contributed by atoms with Gasteiger partial charge in [-0.3, -0.25) is 0 Å². The second-order valence-electron chi connectivity index (χ2n) is 8.50. The molecular formula is C40H26. The maximum absolute atomic E-state index is 9.70. The van der Waals surface area contributed by atoms with Gasteiger partial charge in [0.1, 0.15) is 0 Å². The standard InChI is InChI=1S/C40H26/c1-2-13-29-25-31(24-23-27(29)11-1)30-15-9-16-32(26-30)39-35-18-5-7-20-37(35)40(38-21-8-6-19-36(38)39)34-22-10-14-28-12-3-4-17-33(28)34/h1-26H/i1D,2D,3D,4D,5D,6D,7D,8D,9D,10D,11D,12D,13D,14D,15D,16D,17D,18D,19D,20D,21D,22D,23D,24D,25D,26D. The fourth-order valence-electron chi connectivity index (χ4n) is 4.62. The average Bonchev–Trinajstić information content (AvgIpc) is 3.28. The smallest absolute Gasteiger partial charge is 0.0616 e. The first kappa shape index (κ1) is 8.65. The molecule has 0 atom stereocenters. The summed E-state index contributed by atoms with van der Waals surface area (Å²) in [5.41, 5.74) is -4.69. The summed E-state index contributed by atoms with van der Waals surface area (Å²) in [5, 5.41) is -5.37. The van der Waals surface area contributed by atoms with Gasteiger partial charge in [0.15, 0.2) is 0 Å². The van der Waals surface area contributed by atoms with Crippen LogP contribution < -0.4 is 0 Å². The Labute approximate surface area is 270 Å². The second-order valence-corrected chi connectivity index (χ2v) is 8.50. The minimum Gasteiger partial charge on any atom is -0.0616 e. The second kappa shape index (κ2) is 9.22. The lowest BCUT2D eigenvalue weighted by Gasteiger charge is -2.19. The molecule has 0 fully saturated rings. The third-order valence-electron chi connectivity index (χ3n) is 6.31. The van der Waals surface area contributed by atoms with Crippen molar-refractivity contribution in [3.8, 4) is 33.4 Å². The summed E-state index contributed by atoms with van der Waals surface area (Å²) in [4.78, 5) is 0. The molecule has 186 valence electrons. The summed E-state index contributed by atoms with van der Waals surface area (Å²) in [6, 6.07) is -24.3. The van der Waals surface area contributed by atoms with Crippen LogP contribution in [0.1, 0.15) is 35.6 Å². The molecule has 0 amide bonds. The van der Waals surface area contributed by atoms with Crippen molar-refractivity contribution in [2.45, 2.75) is 0 Å². The van der Waals surface area contributed by atoms with Gasteiger partial charge in [-0.25, -0.2) is 0 Å². The van der Waals surface area contributed by atoms with E-state index >= 15 is 0 Å². The van der Waals surface area contributed by atoms with Crippen molar-refractivity contribution in [3.05, 3.63) is 157 Å². The molecular weight excluding hydrogens is 480 g/mol. The van der Waals surface area contributed by atoms with E-state index < -0.39 is 234 Å². The van der Waals surface area contributed by atoms with Crippen LogP contribution in [0.5, 0.6) is 0 Å². The summed E-state index contributed by atoms with van der Waals surface area (Å²) < 4.78 is 231. The molecule has 0 heterocycles. The van der Waals surface area contributed by atoms with E-state index in [9.17, 15) is 11.0 Å².